The van der Waals surface area contributed by atoms with Crippen molar-refractivity contribution in [3.05, 3.63) is 29.3 Å². The molecule has 3 nitrogen and oxygen atoms in total. The van der Waals surface area contributed by atoms with Crippen LogP contribution in [0.25, 0.3) is 0 Å². The highest BCUT2D eigenvalue weighted by Crippen LogP contribution is 2.33. The number of nitrogens with zero attached hydrogens (tertiary/aromatic N) is 1. The molecule has 0 aliphatic carbocycles. The van der Waals surface area contributed by atoms with Crippen molar-refractivity contribution in [1.82, 2.24) is 4.90 Å². The fourth-order valence-corrected chi connectivity index (χ4v) is 1.92. The van der Waals surface area contributed by atoms with Crippen LogP contribution in [0.3, 0.4) is 0 Å². The Labute approximate surface area is 103 Å². The molecule has 1 N–H and O–H groups in total. The van der Waals surface area contributed by atoms with Crippen LogP contribution in [0.15, 0.2) is 18.2 Å². The Morgan fingerprint density at radius 1 is 1.18 bits per heavy atom. The van der Waals surface area contributed by atoms with Crippen molar-refractivity contribution in [1.29, 1.82) is 0 Å². The number of benzene rings is 1. The van der Waals surface area contributed by atoms with E-state index in [0.717, 1.165) is 5.56 Å². The van der Waals surface area contributed by atoms with Gasteiger partial charge in [0.1, 0.15) is 5.75 Å². The van der Waals surface area contributed by atoms with Crippen LogP contribution in [0.5, 0.6) is 5.75 Å². The molecule has 0 radical (unpaired) electrons. The van der Waals surface area contributed by atoms with Gasteiger partial charge in [0.05, 0.1) is 5.92 Å². The molecule has 0 bridgehead atoms. The molecule has 0 spiro atoms. The summed E-state index contributed by atoms with van der Waals surface area (Å²) >= 11 is 0. The maximum atomic E-state index is 11.9. The van der Waals surface area contributed by atoms with Gasteiger partial charge < -0.3 is 10.0 Å². The quantitative estimate of drug-likeness (QED) is 0.875. The molecule has 1 aromatic rings. The van der Waals surface area contributed by atoms with Crippen molar-refractivity contribution in [2.45, 2.75) is 32.6 Å². The van der Waals surface area contributed by atoms with Crippen LogP contribution >= 0.6 is 0 Å². The third-order valence-electron chi connectivity index (χ3n) is 3.00. The minimum Gasteiger partial charge on any atom is -0.507 e. The summed E-state index contributed by atoms with van der Waals surface area (Å²) in [4.78, 5) is 13.4. The van der Waals surface area contributed by atoms with Gasteiger partial charge in [0.2, 0.25) is 5.91 Å². The summed E-state index contributed by atoms with van der Waals surface area (Å²) < 4.78 is 0. The van der Waals surface area contributed by atoms with E-state index < -0.39 is 0 Å². The Balaban J connectivity index is 3.15. The molecule has 1 atom stereocenters. The molecule has 17 heavy (non-hydrogen) atoms. The highest BCUT2D eigenvalue weighted by Gasteiger charge is 2.21. The number of amides is 1. The number of carbonyl (C=O) groups is 1. The van der Waals surface area contributed by atoms with E-state index in [1.807, 2.05) is 39.0 Å². The zero-order valence-corrected chi connectivity index (χ0v) is 11.2. The Hall–Kier alpha value is -1.51. The molecule has 3 heteroatoms. The first-order valence-corrected chi connectivity index (χ1v) is 5.89. The first-order chi connectivity index (χ1) is 7.86. The Morgan fingerprint density at radius 2 is 1.71 bits per heavy atom. The van der Waals surface area contributed by atoms with Crippen LogP contribution in [-0.2, 0) is 4.79 Å². The number of para-hydroxylation sites is 1. The van der Waals surface area contributed by atoms with Gasteiger partial charge >= 0.3 is 0 Å². The molecule has 1 unspecified atom stereocenters. The SMILES string of the molecule is CC(C)c1cccc(C(C)C(=O)N(C)C)c1O. The maximum absolute atomic E-state index is 11.9. The van der Waals surface area contributed by atoms with Crippen molar-refractivity contribution in [3.8, 4) is 5.75 Å². The average molecular weight is 235 g/mol. The van der Waals surface area contributed by atoms with Gasteiger partial charge in [0, 0.05) is 19.7 Å². The van der Waals surface area contributed by atoms with Crippen molar-refractivity contribution in [3.63, 3.8) is 0 Å². The van der Waals surface area contributed by atoms with E-state index in [4.69, 9.17) is 0 Å². The van der Waals surface area contributed by atoms with E-state index in [1.54, 1.807) is 19.0 Å². The highest BCUT2D eigenvalue weighted by atomic mass is 16.3. The molecule has 1 amide bonds. The first kappa shape index (κ1) is 13.6. The molecular weight excluding hydrogens is 214 g/mol. The first-order valence-electron chi connectivity index (χ1n) is 5.89. The molecule has 94 valence electrons. The van der Waals surface area contributed by atoms with Crippen LogP contribution in [0.1, 0.15) is 43.7 Å². The van der Waals surface area contributed by atoms with Gasteiger partial charge in [-0.25, -0.2) is 0 Å². The molecule has 0 aromatic heterocycles. The van der Waals surface area contributed by atoms with Crippen LogP contribution in [0.4, 0.5) is 0 Å². The fourth-order valence-electron chi connectivity index (χ4n) is 1.92. The number of aromatic hydroxyl groups is 1. The molecule has 1 aromatic carbocycles. The van der Waals surface area contributed by atoms with Crippen LogP contribution < -0.4 is 0 Å². The zero-order chi connectivity index (χ0) is 13.2. The summed E-state index contributed by atoms with van der Waals surface area (Å²) in [6, 6.07) is 5.60. The minimum atomic E-state index is -0.316. The van der Waals surface area contributed by atoms with E-state index >= 15 is 0 Å². The number of phenolic OH excluding ortho intramolecular Hbond substituents is 1. The molecule has 0 saturated carbocycles. The van der Waals surface area contributed by atoms with E-state index in [2.05, 4.69) is 0 Å². The molecular formula is C14H21NO2. The second-order valence-corrected chi connectivity index (χ2v) is 4.89. The lowest BCUT2D eigenvalue weighted by Crippen LogP contribution is -2.26. The van der Waals surface area contributed by atoms with Crippen LogP contribution in [-0.4, -0.2) is 30.0 Å². The van der Waals surface area contributed by atoms with Crippen molar-refractivity contribution < 1.29 is 9.90 Å². The van der Waals surface area contributed by atoms with Gasteiger partial charge in [-0.3, -0.25) is 4.79 Å². The summed E-state index contributed by atoms with van der Waals surface area (Å²) in [5, 5.41) is 10.2. The van der Waals surface area contributed by atoms with Crippen LogP contribution in [0.2, 0.25) is 0 Å². The Kier molecular flexibility index (Phi) is 4.16. The number of hydrogen-bond acceptors (Lipinski definition) is 2. The number of phenols is 1. The van der Waals surface area contributed by atoms with E-state index in [0.29, 0.717) is 5.56 Å². The summed E-state index contributed by atoms with van der Waals surface area (Å²) in [6.07, 6.45) is 0. The lowest BCUT2D eigenvalue weighted by Gasteiger charge is -2.20. The summed E-state index contributed by atoms with van der Waals surface area (Å²) in [5.41, 5.74) is 1.59. The van der Waals surface area contributed by atoms with Gasteiger partial charge in [-0.2, -0.15) is 0 Å². The summed E-state index contributed by atoms with van der Waals surface area (Å²) in [5.74, 6) is 0.187. The smallest absolute Gasteiger partial charge is 0.229 e. The second kappa shape index (κ2) is 5.21. The summed E-state index contributed by atoms with van der Waals surface area (Å²) in [7, 11) is 3.45. The van der Waals surface area contributed by atoms with Crippen molar-refractivity contribution in [2.24, 2.45) is 0 Å². The van der Waals surface area contributed by atoms with Gasteiger partial charge in [-0.1, -0.05) is 32.0 Å². The summed E-state index contributed by atoms with van der Waals surface area (Å²) in [6.45, 7) is 5.87. The van der Waals surface area contributed by atoms with E-state index in [9.17, 15) is 9.90 Å². The number of hydrogen-bond donors (Lipinski definition) is 1. The third-order valence-corrected chi connectivity index (χ3v) is 3.00. The van der Waals surface area contributed by atoms with E-state index in [-0.39, 0.29) is 23.5 Å². The molecule has 0 saturated heterocycles. The Morgan fingerprint density at radius 3 is 2.18 bits per heavy atom. The monoisotopic (exact) mass is 235 g/mol. The average Bonchev–Trinajstić information content (AvgIpc) is 2.26. The van der Waals surface area contributed by atoms with Crippen LogP contribution in [0, 0.1) is 0 Å². The molecule has 0 heterocycles. The maximum Gasteiger partial charge on any atom is 0.229 e. The Bertz CT molecular complexity index is 411. The lowest BCUT2D eigenvalue weighted by atomic mass is 9.92. The van der Waals surface area contributed by atoms with Gasteiger partial charge in [-0.05, 0) is 18.4 Å². The minimum absolute atomic E-state index is 0.00112. The second-order valence-electron chi connectivity index (χ2n) is 4.89. The molecule has 0 aliphatic heterocycles. The molecule has 0 fully saturated rings. The highest BCUT2D eigenvalue weighted by molar-refractivity contribution is 5.83. The van der Waals surface area contributed by atoms with E-state index in [1.165, 1.54) is 0 Å². The predicted molar refractivity (Wildman–Crippen MR) is 69.3 cm³/mol. The number of rotatable bonds is 3. The molecule has 0 aliphatic rings. The predicted octanol–water partition coefficient (Wildman–Crippen LogP) is 2.71. The van der Waals surface area contributed by atoms with Gasteiger partial charge in [-0.15, -0.1) is 0 Å². The fraction of sp³-hybridized carbons (Fsp3) is 0.500. The van der Waals surface area contributed by atoms with Gasteiger partial charge in [0.15, 0.2) is 0 Å². The zero-order valence-electron chi connectivity index (χ0n) is 11.2. The number of likely N-dealkylation sites (N-methyl/N-ethyl adjacent to an activating group) is 1. The number of carbonyl (C=O) groups excluding carboxylic acids is 1. The van der Waals surface area contributed by atoms with Crippen molar-refractivity contribution in [2.75, 3.05) is 14.1 Å². The van der Waals surface area contributed by atoms with Gasteiger partial charge in [0.25, 0.3) is 0 Å². The largest absolute Gasteiger partial charge is 0.507 e. The van der Waals surface area contributed by atoms with Crippen molar-refractivity contribution >= 4 is 5.91 Å². The standard InChI is InChI=1S/C14H21NO2/c1-9(2)11-7-6-8-12(13(11)16)10(3)14(17)15(4)5/h6-10,16H,1-5H3. The normalized spacial score (nSPS) is 12.6. The molecule has 1 rings (SSSR count). The third kappa shape index (κ3) is 2.78. The lowest BCUT2D eigenvalue weighted by molar-refractivity contribution is -0.129. The topological polar surface area (TPSA) is 40.5 Å².